The first-order valence-corrected chi connectivity index (χ1v) is 7.79. The summed E-state index contributed by atoms with van der Waals surface area (Å²) in [7, 11) is 0. The van der Waals surface area contributed by atoms with E-state index < -0.39 is 6.10 Å². The molecule has 5 nitrogen and oxygen atoms in total. The zero-order valence-electron chi connectivity index (χ0n) is 12.5. The van der Waals surface area contributed by atoms with Crippen molar-refractivity contribution in [1.29, 1.82) is 0 Å². The van der Waals surface area contributed by atoms with E-state index in [-0.39, 0.29) is 5.91 Å². The Labute approximate surface area is 130 Å². The van der Waals surface area contributed by atoms with E-state index in [2.05, 4.69) is 10.3 Å². The van der Waals surface area contributed by atoms with Gasteiger partial charge in [-0.05, 0) is 43.0 Å². The Kier molecular flexibility index (Phi) is 4.53. The van der Waals surface area contributed by atoms with Crippen LogP contribution >= 0.6 is 0 Å². The van der Waals surface area contributed by atoms with Crippen LogP contribution < -0.4 is 5.32 Å². The van der Waals surface area contributed by atoms with Gasteiger partial charge in [0.1, 0.15) is 0 Å². The van der Waals surface area contributed by atoms with Gasteiger partial charge in [0, 0.05) is 30.2 Å². The van der Waals surface area contributed by atoms with E-state index in [0.717, 1.165) is 18.5 Å². The molecule has 2 aromatic rings. The van der Waals surface area contributed by atoms with Gasteiger partial charge in [-0.3, -0.25) is 4.79 Å². The molecule has 1 amide bonds. The number of hydrogen-bond donors (Lipinski definition) is 2. The maximum absolute atomic E-state index is 12.1. The molecule has 116 valence electrons. The summed E-state index contributed by atoms with van der Waals surface area (Å²) in [4.78, 5) is 16.1. The van der Waals surface area contributed by atoms with E-state index in [9.17, 15) is 9.90 Å². The molecule has 1 unspecified atom stereocenters. The molecule has 1 saturated carbocycles. The lowest BCUT2D eigenvalue weighted by atomic mass is 10.0. The quantitative estimate of drug-likeness (QED) is 0.889. The molecule has 1 aromatic carbocycles. The lowest BCUT2D eigenvalue weighted by Crippen LogP contribution is -2.35. The summed E-state index contributed by atoms with van der Waals surface area (Å²) in [5.41, 5.74) is 1.56. The van der Waals surface area contributed by atoms with Gasteiger partial charge in [0.05, 0.1) is 12.4 Å². The SMILES string of the molecule is O=C(NCC(O)C1CCCC1)c1ccc(-n2ccnc2)cc1. The topological polar surface area (TPSA) is 67.2 Å². The number of aromatic nitrogens is 2. The van der Waals surface area contributed by atoms with E-state index >= 15 is 0 Å². The molecule has 1 aliphatic rings. The molecule has 1 atom stereocenters. The Balaban J connectivity index is 1.55. The minimum Gasteiger partial charge on any atom is -0.391 e. The number of carbonyl (C=O) groups is 1. The van der Waals surface area contributed by atoms with Gasteiger partial charge in [-0.2, -0.15) is 0 Å². The number of hydrogen-bond acceptors (Lipinski definition) is 3. The van der Waals surface area contributed by atoms with Crippen LogP contribution in [-0.2, 0) is 0 Å². The maximum atomic E-state index is 12.1. The highest BCUT2D eigenvalue weighted by atomic mass is 16.3. The molecule has 1 aliphatic carbocycles. The molecule has 2 N–H and O–H groups in total. The number of aliphatic hydroxyl groups excluding tert-OH is 1. The van der Waals surface area contributed by atoms with Crippen molar-refractivity contribution in [2.75, 3.05) is 6.54 Å². The van der Waals surface area contributed by atoms with Crippen LogP contribution in [0.25, 0.3) is 5.69 Å². The second-order valence-corrected chi connectivity index (χ2v) is 5.84. The third-order valence-electron chi connectivity index (χ3n) is 4.35. The number of benzene rings is 1. The Morgan fingerprint density at radius 1 is 1.32 bits per heavy atom. The van der Waals surface area contributed by atoms with Crippen molar-refractivity contribution in [2.45, 2.75) is 31.8 Å². The zero-order chi connectivity index (χ0) is 15.4. The van der Waals surface area contributed by atoms with Crippen LogP contribution in [0.15, 0.2) is 43.0 Å². The summed E-state index contributed by atoms with van der Waals surface area (Å²) in [6.07, 6.45) is 9.35. The molecule has 1 heterocycles. The maximum Gasteiger partial charge on any atom is 0.251 e. The Bertz CT molecular complexity index is 601. The fraction of sp³-hybridized carbons (Fsp3) is 0.412. The molecule has 22 heavy (non-hydrogen) atoms. The van der Waals surface area contributed by atoms with E-state index in [1.165, 1.54) is 12.8 Å². The van der Waals surface area contributed by atoms with Gasteiger partial charge < -0.3 is 15.0 Å². The molecule has 3 rings (SSSR count). The predicted molar refractivity (Wildman–Crippen MR) is 83.9 cm³/mol. The molecule has 5 heteroatoms. The first-order chi connectivity index (χ1) is 10.7. The van der Waals surface area contributed by atoms with E-state index in [1.54, 1.807) is 24.7 Å². The second-order valence-electron chi connectivity index (χ2n) is 5.84. The predicted octanol–water partition coefficient (Wildman–Crippen LogP) is 2.15. The third-order valence-corrected chi connectivity index (χ3v) is 4.35. The second kappa shape index (κ2) is 6.75. The minimum atomic E-state index is -0.434. The highest BCUT2D eigenvalue weighted by molar-refractivity contribution is 5.94. The number of imidazole rings is 1. The standard InChI is InChI=1S/C17H21N3O2/c21-16(13-3-1-2-4-13)11-19-17(22)14-5-7-15(8-6-14)20-10-9-18-12-20/h5-10,12-13,16,21H,1-4,11H2,(H,19,22). The zero-order valence-corrected chi connectivity index (χ0v) is 12.5. The first kappa shape index (κ1) is 14.8. The van der Waals surface area contributed by atoms with Crippen LogP contribution in [0.5, 0.6) is 0 Å². The lowest BCUT2D eigenvalue weighted by Gasteiger charge is -2.18. The summed E-state index contributed by atoms with van der Waals surface area (Å²) in [5.74, 6) is 0.193. The largest absolute Gasteiger partial charge is 0.391 e. The summed E-state index contributed by atoms with van der Waals surface area (Å²) in [6, 6.07) is 7.33. The van der Waals surface area contributed by atoms with Crippen molar-refractivity contribution in [3.05, 3.63) is 48.5 Å². The lowest BCUT2D eigenvalue weighted by molar-refractivity contribution is 0.0840. The summed E-state index contributed by atoms with van der Waals surface area (Å²) in [6.45, 7) is 0.326. The van der Waals surface area contributed by atoms with Gasteiger partial charge in [0.25, 0.3) is 5.91 Å². The summed E-state index contributed by atoms with van der Waals surface area (Å²) in [5, 5.41) is 12.9. The Morgan fingerprint density at radius 3 is 2.68 bits per heavy atom. The van der Waals surface area contributed by atoms with Gasteiger partial charge in [-0.1, -0.05) is 12.8 Å². The van der Waals surface area contributed by atoms with Gasteiger partial charge in [-0.25, -0.2) is 4.98 Å². The first-order valence-electron chi connectivity index (χ1n) is 7.79. The Morgan fingerprint density at radius 2 is 2.05 bits per heavy atom. The molecule has 0 radical (unpaired) electrons. The summed E-state index contributed by atoms with van der Waals surface area (Å²) >= 11 is 0. The summed E-state index contributed by atoms with van der Waals surface area (Å²) < 4.78 is 1.88. The number of rotatable bonds is 5. The van der Waals surface area contributed by atoms with Crippen LogP contribution in [0.4, 0.5) is 0 Å². The van der Waals surface area contributed by atoms with Crippen molar-refractivity contribution >= 4 is 5.91 Å². The molecule has 0 saturated heterocycles. The molecular formula is C17H21N3O2. The van der Waals surface area contributed by atoms with Gasteiger partial charge in [0.2, 0.25) is 0 Å². The van der Waals surface area contributed by atoms with Crippen LogP contribution in [0.2, 0.25) is 0 Å². The normalized spacial score (nSPS) is 16.6. The molecule has 0 aliphatic heterocycles. The van der Waals surface area contributed by atoms with Crippen LogP contribution in [0, 0.1) is 5.92 Å². The smallest absolute Gasteiger partial charge is 0.251 e. The molecule has 1 aromatic heterocycles. The number of amides is 1. The molecule has 0 bridgehead atoms. The fourth-order valence-corrected chi connectivity index (χ4v) is 3.00. The van der Waals surface area contributed by atoms with Crippen molar-refractivity contribution < 1.29 is 9.90 Å². The number of aliphatic hydroxyl groups is 1. The molecular weight excluding hydrogens is 278 g/mol. The van der Waals surface area contributed by atoms with E-state index in [0.29, 0.717) is 18.0 Å². The van der Waals surface area contributed by atoms with Gasteiger partial charge in [0.15, 0.2) is 0 Å². The number of nitrogens with zero attached hydrogens (tertiary/aromatic N) is 2. The van der Waals surface area contributed by atoms with E-state index in [4.69, 9.17) is 0 Å². The number of nitrogens with one attached hydrogen (secondary N) is 1. The minimum absolute atomic E-state index is 0.144. The third kappa shape index (κ3) is 3.36. The average molecular weight is 299 g/mol. The van der Waals surface area contributed by atoms with Crippen molar-refractivity contribution in [3.63, 3.8) is 0 Å². The van der Waals surface area contributed by atoms with Crippen LogP contribution in [-0.4, -0.2) is 33.2 Å². The Hall–Kier alpha value is -2.14. The van der Waals surface area contributed by atoms with Crippen molar-refractivity contribution in [2.24, 2.45) is 5.92 Å². The highest BCUT2D eigenvalue weighted by Gasteiger charge is 2.23. The van der Waals surface area contributed by atoms with E-state index in [1.807, 2.05) is 22.9 Å². The van der Waals surface area contributed by atoms with Crippen LogP contribution in [0.3, 0.4) is 0 Å². The van der Waals surface area contributed by atoms with Crippen LogP contribution in [0.1, 0.15) is 36.0 Å². The molecule has 0 spiro atoms. The van der Waals surface area contributed by atoms with Gasteiger partial charge in [-0.15, -0.1) is 0 Å². The van der Waals surface area contributed by atoms with Crippen molar-refractivity contribution in [3.8, 4) is 5.69 Å². The fourth-order valence-electron chi connectivity index (χ4n) is 3.00. The average Bonchev–Trinajstić information content (AvgIpc) is 3.25. The number of carbonyl (C=O) groups excluding carboxylic acids is 1. The molecule has 1 fully saturated rings. The monoisotopic (exact) mass is 299 g/mol. The highest BCUT2D eigenvalue weighted by Crippen LogP contribution is 2.27. The van der Waals surface area contributed by atoms with Gasteiger partial charge >= 0.3 is 0 Å². The van der Waals surface area contributed by atoms with Crippen molar-refractivity contribution in [1.82, 2.24) is 14.9 Å².